The summed E-state index contributed by atoms with van der Waals surface area (Å²) in [6, 6.07) is 8.83. The van der Waals surface area contributed by atoms with Gasteiger partial charge in [0, 0.05) is 4.88 Å². The monoisotopic (exact) mass is 358 g/mol. The van der Waals surface area contributed by atoms with Gasteiger partial charge in [-0.1, -0.05) is 0 Å². The highest BCUT2D eigenvalue weighted by atomic mass is 32.1. The number of thiocarbonyl (C=S) groups is 1. The van der Waals surface area contributed by atoms with E-state index in [9.17, 15) is 9.59 Å². The predicted octanol–water partition coefficient (Wildman–Crippen LogP) is 2.90. The molecule has 0 aliphatic carbocycles. The van der Waals surface area contributed by atoms with Gasteiger partial charge in [0.2, 0.25) is 0 Å². The number of ether oxygens (including phenoxy) is 1. The molecule has 0 bridgehead atoms. The minimum atomic E-state index is -0.484. The minimum absolute atomic E-state index is 0.0602. The van der Waals surface area contributed by atoms with Crippen LogP contribution in [0.15, 0.2) is 41.3 Å². The summed E-state index contributed by atoms with van der Waals surface area (Å²) in [6.07, 6.45) is 1.61. The van der Waals surface area contributed by atoms with Crippen molar-refractivity contribution in [2.75, 3.05) is 12.0 Å². The predicted molar refractivity (Wildman–Crippen MR) is 98.3 cm³/mol. The van der Waals surface area contributed by atoms with Gasteiger partial charge in [-0.05, 0) is 66.5 Å². The molecular weight excluding hydrogens is 344 g/mol. The molecule has 1 aromatic carbocycles. The number of carbonyl (C=O) groups excluding carboxylic acids is 2. The van der Waals surface area contributed by atoms with E-state index in [1.54, 1.807) is 37.5 Å². The Bertz CT molecular complexity index is 853. The molecule has 2 aromatic rings. The normalized spacial score (nSPS) is 16.5. The molecule has 1 aromatic heterocycles. The van der Waals surface area contributed by atoms with Crippen molar-refractivity contribution in [1.29, 1.82) is 0 Å². The number of hydrogen-bond acceptors (Lipinski definition) is 5. The summed E-state index contributed by atoms with van der Waals surface area (Å²) < 4.78 is 5.12. The topological polar surface area (TPSA) is 58.6 Å². The van der Waals surface area contributed by atoms with Crippen LogP contribution in [0.25, 0.3) is 6.08 Å². The summed E-state index contributed by atoms with van der Waals surface area (Å²) in [7, 11) is 1.57. The Morgan fingerprint density at radius 3 is 2.50 bits per heavy atom. The number of methoxy groups -OCH3 is 1. The van der Waals surface area contributed by atoms with Crippen LogP contribution in [0, 0.1) is 6.92 Å². The summed E-state index contributed by atoms with van der Waals surface area (Å²) in [5.74, 6) is -0.257. The summed E-state index contributed by atoms with van der Waals surface area (Å²) in [6.45, 7) is 1.93. The molecule has 2 amide bonds. The van der Waals surface area contributed by atoms with E-state index in [4.69, 9.17) is 17.0 Å². The van der Waals surface area contributed by atoms with Crippen LogP contribution in [0.1, 0.15) is 10.4 Å². The molecule has 0 spiro atoms. The van der Waals surface area contributed by atoms with Crippen molar-refractivity contribution in [3.63, 3.8) is 0 Å². The number of rotatable bonds is 3. The SMILES string of the molecule is COc1ccc(N2C(=O)/C(=C/c3sccc3C)C(=O)NC2=S)cc1. The molecule has 7 heteroatoms. The Balaban J connectivity index is 1.99. The van der Waals surface area contributed by atoms with Crippen LogP contribution in [-0.2, 0) is 9.59 Å². The standard InChI is InChI=1S/C17H14N2O3S2/c1-10-7-8-24-14(10)9-13-15(20)18-17(23)19(16(13)21)11-3-5-12(22-2)6-4-11/h3-9H,1-2H3,(H,18,20,23)/b13-9+. The number of aryl methyl sites for hydroxylation is 1. The molecule has 2 heterocycles. The number of benzene rings is 1. The van der Waals surface area contributed by atoms with Crippen LogP contribution >= 0.6 is 23.6 Å². The van der Waals surface area contributed by atoms with Crippen molar-refractivity contribution >= 4 is 52.2 Å². The van der Waals surface area contributed by atoms with Crippen molar-refractivity contribution in [1.82, 2.24) is 5.32 Å². The van der Waals surface area contributed by atoms with Gasteiger partial charge in [-0.25, -0.2) is 0 Å². The molecule has 24 heavy (non-hydrogen) atoms. The molecule has 1 aliphatic rings. The fourth-order valence-electron chi connectivity index (χ4n) is 2.29. The maximum Gasteiger partial charge on any atom is 0.270 e. The Hall–Kier alpha value is -2.51. The highest BCUT2D eigenvalue weighted by molar-refractivity contribution is 7.80. The molecular formula is C17H14N2O3S2. The smallest absolute Gasteiger partial charge is 0.270 e. The van der Waals surface area contributed by atoms with Crippen molar-refractivity contribution in [3.8, 4) is 5.75 Å². The average molecular weight is 358 g/mol. The van der Waals surface area contributed by atoms with E-state index in [2.05, 4.69) is 5.32 Å². The van der Waals surface area contributed by atoms with Gasteiger partial charge >= 0.3 is 0 Å². The van der Waals surface area contributed by atoms with E-state index < -0.39 is 11.8 Å². The zero-order chi connectivity index (χ0) is 17.3. The summed E-state index contributed by atoms with van der Waals surface area (Å²) in [5.41, 5.74) is 1.64. The molecule has 1 fully saturated rings. The van der Waals surface area contributed by atoms with Crippen LogP contribution in [0.2, 0.25) is 0 Å². The fourth-order valence-corrected chi connectivity index (χ4v) is 3.43. The number of nitrogens with one attached hydrogen (secondary N) is 1. The number of anilines is 1. The Kier molecular flexibility index (Phi) is 4.46. The number of amides is 2. The molecule has 0 atom stereocenters. The van der Waals surface area contributed by atoms with E-state index in [-0.39, 0.29) is 10.7 Å². The molecule has 0 unspecified atom stereocenters. The Morgan fingerprint density at radius 2 is 1.92 bits per heavy atom. The first-order valence-electron chi connectivity index (χ1n) is 7.11. The summed E-state index contributed by atoms with van der Waals surface area (Å²) >= 11 is 6.64. The van der Waals surface area contributed by atoms with E-state index in [0.717, 1.165) is 10.4 Å². The lowest BCUT2D eigenvalue weighted by Gasteiger charge is -2.28. The minimum Gasteiger partial charge on any atom is -0.497 e. The van der Waals surface area contributed by atoms with E-state index >= 15 is 0 Å². The zero-order valence-corrected chi connectivity index (χ0v) is 14.7. The van der Waals surface area contributed by atoms with Crippen LogP contribution in [0.4, 0.5) is 5.69 Å². The quantitative estimate of drug-likeness (QED) is 0.521. The number of carbonyl (C=O) groups is 2. The zero-order valence-electron chi connectivity index (χ0n) is 13.0. The van der Waals surface area contributed by atoms with Crippen LogP contribution in [-0.4, -0.2) is 24.0 Å². The first-order chi connectivity index (χ1) is 11.5. The number of hydrogen-bond donors (Lipinski definition) is 1. The van der Waals surface area contributed by atoms with E-state index in [1.807, 2.05) is 18.4 Å². The largest absolute Gasteiger partial charge is 0.497 e. The van der Waals surface area contributed by atoms with Gasteiger partial charge in [0.15, 0.2) is 5.11 Å². The molecule has 3 rings (SSSR count). The first kappa shape index (κ1) is 16.4. The Labute approximate surface area is 148 Å². The third-order valence-corrected chi connectivity index (χ3v) is 4.86. The molecule has 1 N–H and O–H groups in total. The second-order valence-electron chi connectivity index (χ2n) is 5.12. The van der Waals surface area contributed by atoms with Crippen LogP contribution < -0.4 is 15.0 Å². The second kappa shape index (κ2) is 6.54. The van der Waals surface area contributed by atoms with Gasteiger partial charge in [0.05, 0.1) is 12.8 Å². The lowest BCUT2D eigenvalue weighted by molar-refractivity contribution is -0.122. The van der Waals surface area contributed by atoms with E-state index in [0.29, 0.717) is 11.4 Å². The molecule has 1 aliphatic heterocycles. The van der Waals surface area contributed by atoms with E-state index in [1.165, 1.54) is 16.2 Å². The molecule has 0 saturated carbocycles. The van der Waals surface area contributed by atoms with Gasteiger partial charge in [-0.2, -0.15) is 0 Å². The molecule has 1 saturated heterocycles. The summed E-state index contributed by atoms with van der Waals surface area (Å²) in [4.78, 5) is 27.2. The van der Waals surface area contributed by atoms with Gasteiger partial charge in [0.25, 0.3) is 11.8 Å². The Morgan fingerprint density at radius 1 is 1.21 bits per heavy atom. The average Bonchev–Trinajstić information content (AvgIpc) is 2.97. The maximum atomic E-state index is 12.8. The lowest BCUT2D eigenvalue weighted by Crippen LogP contribution is -2.54. The molecule has 0 radical (unpaired) electrons. The molecule has 5 nitrogen and oxygen atoms in total. The summed E-state index contributed by atoms with van der Waals surface area (Å²) in [5, 5.41) is 4.55. The van der Waals surface area contributed by atoms with Gasteiger partial charge < -0.3 is 4.74 Å². The third kappa shape index (κ3) is 2.95. The van der Waals surface area contributed by atoms with Crippen LogP contribution in [0.3, 0.4) is 0 Å². The maximum absolute atomic E-state index is 12.8. The van der Waals surface area contributed by atoms with Crippen LogP contribution in [0.5, 0.6) is 5.75 Å². The highest BCUT2D eigenvalue weighted by Gasteiger charge is 2.34. The van der Waals surface area contributed by atoms with Gasteiger partial charge in [-0.3, -0.25) is 19.8 Å². The highest BCUT2D eigenvalue weighted by Crippen LogP contribution is 2.26. The number of nitrogens with zero attached hydrogens (tertiary/aromatic N) is 1. The van der Waals surface area contributed by atoms with Crippen molar-refractivity contribution in [2.45, 2.75) is 6.92 Å². The first-order valence-corrected chi connectivity index (χ1v) is 8.39. The second-order valence-corrected chi connectivity index (χ2v) is 6.46. The van der Waals surface area contributed by atoms with Crippen molar-refractivity contribution < 1.29 is 14.3 Å². The lowest BCUT2D eigenvalue weighted by atomic mass is 10.1. The van der Waals surface area contributed by atoms with Crippen molar-refractivity contribution in [3.05, 3.63) is 51.7 Å². The molecule has 122 valence electrons. The number of thiophene rings is 1. The van der Waals surface area contributed by atoms with Gasteiger partial charge in [0.1, 0.15) is 11.3 Å². The fraction of sp³-hybridized carbons (Fsp3) is 0.118. The van der Waals surface area contributed by atoms with Gasteiger partial charge in [-0.15, -0.1) is 11.3 Å². The third-order valence-electron chi connectivity index (χ3n) is 3.61. The van der Waals surface area contributed by atoms with Crippen molar-refractivity contribution in [2.24, 2.45) is 0 Å².